The van der Waals surface area contributed by atoms with E-state index in [-0.39, 0.29) is 5.56 Å². The summed E-state index contributed by atoms with van der Waals surface area (Å²) in [6.07, 6.45) is 5.16. The lowest BCUT2D eigenvalue weighted by molar-refractivity contribution is 0.0696. The second-order valence-electron chi connectivity index (χ2n) is 5.13. The normalized spacial score (nSPS) is 10.5. The van der Waals surface area contributed by atoms with E-state index in [0.29, 0.717) is 17.2 Å². The smallest absolute Gasteiger partial charge is 0.335 e. The molecule has 0 bridgehead atoms. The summed E-state index contributed by atoms with van der Waals surface area (Å²) >= 11 is 0. The first-order chi connectivity index (χ1) is 11.0. The molecule has 7 heteroatoms. The van der Waals surface area contributed by atoms with E-state index in [9.17, 15) is 4.79 Å². The molecule has 0 amide bonds. The van der Waals surface area contributed by atoms with Crippen molar-refractivity contribution in [1.29, 1.82) is 0 Å². The lowest BCUT2D eigenvalue weighted by Gasteiger charge is -2.07. The molecule has 0 radical (unpaired) electrons. The van der Waals surface area contributed by atoms with Crippen LogP contribution in [0.15, 0.2) is 42.9 Å². The molecule has 7 nitrogen and oxygen atoms in total. The summed E-state index contributed by atoms with van der Waals surface area (Å²) in [5, 5.41) is 16.2. The Morgan fingerprint density at radius 1 is 1.30 bits per heavy atom. The van der Waals surface area contributed by atoms with Crippen LogP contribution in [-0.2, 0) is 7.05 Å². The number of rotatable bonds is 4. The molecule has 0 fully saturated rings. The van der Waals surface area contributed by atoms with Gasteiger partial charge in [0.1, 0.15) is 0 Å². The van der Waals surface area contributed by atoms with E-state index in [4.69, 9.17) is 5.11 Å². The maximum atomic E-state index is 11.1. The quantitative estimate of drug-likeness (QED) is 0.769. The van der Waals surface area contributed by atoms with Crippen molar-refractivity contribution in [2.45, 2.75) is 6.92 Å². The van der Waals surface area contributed by atoms with Gasteiger partial charge in [0.25, 0.3) is 0 Å². The molecule has 2 aromatic heterocycles. The summed E-state index contributed by atoms with van der Waals surface area (Å²) in [7, 11) is 1.83. The van der Waals surface area contributed by atoms with Crippen molar-refractivity contribution < 1.29 is 9.90 Å². The number of carboxylic acids is 1. The van der Waals surface area contributed by atoms with Crippen molar-refractivity contribution in [2.75, 3.05) is 5.32 Å². The van der Waals surface area contributed by atoms with Crippen molar-refractivity contribution in [3.05, 3.63) is 54.0 Å². The number of carboxylic acid groups (broad SMARTS) is 1. The molecule has 0 unspecified atom stereocenters. The molecule has 0 aliphatic rings. The number of nitrogens with one attached hydrogen (secondary N) is 1. The summed E-state index contributed by atoms with van der Waals surface area (Å²) in [6, 6.07) is 6.92. The number of hydrogen-bond acceptors (Lipinski definition) is 5. The molecule has 3 aromatic rings. The zero-order chi connectivity index (χ0) is 16.4. The fourth-order valence-electron chi connectivity index (χ4n) is 2.26. The molecule has 0 saturated carbocycles. The predicted octanol–water partition coefficient (Wildman–Crippen LogP) is 2.63. The van der Waals surface area contributed by atoms with Crippen molar-refractivity contribution >= 4 is 17.6 Å². The SMILES string of the molecule is Cc1cc(-c2ccnc(Nc3cnn(C)c3)n2)ccc1C(=O)O. The number of hydrogen-bond donors (Lipinski definition) is 2. The molecule has 116 valence electrons. The third kappa shape index (κ3) is 3.18. The highest BCUT2D eigenvalue weighted by Crippen LogP contribution is 2.22. The van der Waals surface area contributed by atoms with Gasteiger partial charge in [0.15, 0.2) is 0 Å². The van der Waals surface area contributed by atoms with E-state index in [1.165, 1.54) is 0 Å². The predicted molar refractivity (Wildman–Crippen MR) is 85.7 cm³/mol. The van der Waals surface area contributed by atoms with Gasteiger partial charge >= 0.3 is 5.97 Å². The molecule has 0 aliphatic heterocycles. The second kappa shape index (κ2) is 5.88. The van der Waals surface area contributed by atoms with Crippen LogP contribution in [0.1, 0.15) is 15.9 Å². The molecule has 0 spiro atoms. The Balaban J connectivity index is 1.90. The summed E-state index contributed by atoms with van der Waals surface area (Å²) in [4.78, 5) is 19.7. The monoisotopic (exact) mass is 309 g/mol. The molecular weight excluding hydrogens is 294 g/mol. The summed E-state index contributed by atoms with van der Waals surface area (Å²) in [5.74, 6) is -0.480. The minimum absolute atomic E-state index is 0.288. The van der Waals surface area contributed by atoms with E-state index in [1.807, 2.05) is 13.2 Å². The van der Waals surface area contributed by atoms with Gasteiger partial charge < -0.3 is 10.4 Å². The topological polar surface area (TPSA) is 92.9 Å². The molecule has 0 aliphatic carbocycles. The summed E-state index contributed by atoms with van der Waals surface area (Å²) < 4.78 is 1.68. The van der Waals surface area contributed by atoms with Crippen LogP contribution in [0, 0.1) is 6.92 Å². The van der Waals surface area contributed by atoms with Gasteiger partial charge in [-0.2, -0.15) is 5.10 Å². The van der Waals surface area contributed by atoms with Gasteiger partial charge in [0.2, 0.25) is 5.95 Å². The molecule has 0 saturated heterocycles. The second-order valence-corrected chi connectivity index (χ2v) is 5.13. The van der Waals surface area contributed by atoms with Crippen LogP contribution >= 0.6 is 0 Å². The Morgan fingerprint density at radius 2 is 2.13 bits per heavy atom. The van der Waals surface area contributed by atoms with Crippen LogP contribution in [0.2, 0.25) is 0 Å². The van der Waals surface area contributed by atoms with Crippen molar-refractivity contribution in [1.82, 2.24) is 19.7 Å². The van der Waals surface area contributed by atoms with Crippen molar-refractivity contribution in [3.8, 4) is 11.3 Å². The number of aryl methyl sites for hydroxylation is 2. The minimum atomic E-state index is -0.935. The lowest BCUT2D eigenvalue weighted by atomic mass is 10.0. The average Bonchev–Trinajstić information content (AvgIpc) is 2.92. The minimum Gasteiger partial charge on any atom is -0.478 e. The first-order valence-electron chi connectivity index (χ1n) is 6.96. The Morgan fingerprint density at radius 3 is 2.78 bits per heavy atom. The first-order valence-corrected chi connectivity index (χ1v) is 6.96. The van der Waals surface area contributed by atoms with Gasteiger partial charge in [-0.1, -0.05) is 6.07 Å². The standard InChI is InChI=1S/C16H15N5O2/c1-10-7-11(3-4-13(10)15(22)23)14-5-6-17-16(20-14)19-12-8-18-21(2)9-12/h3-9H,1-2H3,(H,22,23)(H,17,19,20). The largest absolute Gasteiger partial charge is 0.478 e. The Bertz CT molecular complexity index is 872. The average molecular weight is 309 g/mol. The zero-order valence-electron chi connectivity index (χ0n) is 12.7. The molecule has 3 rings (SSSR count). The third-order valence-corrected chi connectivity index (χ3v) is 3.37. The Labute approximate surface area is 132 Å². The number of nitrogens with zero attached hydrogens (tertiary/aromatic N) is 4. The number of anilines is 2. The Hall–Kier alpha value is -3.22. The molecule has 2 heterocycles. The van der Waals surface area contributed by atoms with E-state index < -0.39 is 5.97 Å². The van der Waals surface area contributed by atoms with Crippen molar-refractivity contribution in [2.24, 2.45) is 7.05 Å². The number of aromatic carboxylic acids is 1. The van der Waals surface area contributed by atoms with Crippen LogP contribution in [0.5, 0.6) is 0 Å². The highest BCUT2D eigenvalue weighted by atomic mass is 16.4. The molecule has 23 heavy (non-hydrogen) atoms. The van der Waals surface area contributed by atoms with Crippen LogP contribution in [0.4, 0.5) is 11.6 Å². The number of benzene rings is 1. The summed E-state index contributed by atoms with van der Waals surface area (Å²) in [5.41, 5.74) is 3.32. The highest BCUT2D eigenvalue weighted by molar-refractivity contribution is 5.90. The lowest BCUT2D eigenvalue weighted by Crippen LogP contribution is -2.00. The maximum Gasteiger partial charge on any atom is 0.335 e. The van der Waals surface area contributed by atoms with Gasteiger partial charge in [-0.05, 0) is 30.7 Å². The third-order valence-electron chi connectivity index (χ3n) is 3.37. The van der Waals surface area contributed by atoms with Gasteiger partial charge in [-0.15, -0.1) is 0 Å². The van der Waals surface area contributed by atoms with E-state index in [2.05, 4.69) is 20.4 Å². The maximum absolute atomic E-state index is 11.1. The Kier molecular flexibility index (Phi) is 3.76. The van der Waals surface area contributed by atoms with Crippen molar-refractivity contribution in [3.63, 3.8) is 0 Å². The van der Waals surface area contributed by atoms with Gasteiger partial charge in [0, 0.05) is 25.0 Å². The van der Waals surface area contributed by atoms with Crippen LogP contribution in [0.3, 0.4) is 0 Å². The van der Waals surface area contributed by atoms with E-state index in [1.54, 1.807) is 48.3 Å². The molecule has 1 aromatic carbocycles. The van der Waals surface area contributed by atoms with E-state index >= 15 is 0 Å². The number of carbonyl (C=O) groups is 1. The summed E-state index contributed by atoms with van der Waals surface area (Å²) in [6.45, 7) is 1.77. The molecule has 2 N–H and O–H groups in total. The number of aromatic nitrogens is 4. The van der Waals surface area contributed by atoms with Crippen LogP contribution in [0.25, 0.3) is 11.3 Å². The fourth-order valence-corrected chi connectivity index (χ4v) is 2.26. The van der Waals surface area contributed by atoms with Crippen LogP contribution < -0.4 is 5.32 Å². The van der Waals surface area contributed by atoms with Gasteiger partial charge in [-0.3, -0.25) is 4.68 Å². The highest BCUT2D eigenvalue weighted by Gasteiger charge is 2.09. The first kappa shape index (κ1) is 14.7. The van der Waals surface area contributed by atoms with Gasteiger partial charge in [-0.25, -0.2) is 14.8 Å². The van der Waals surface area contributed by atoms with Crippen LogP contribution in [-0.4, -0.2) is 30.8 Å². The molecule has 0 atom stereocenters. The van der Waals surface area contributed by atoms with Gasteiger partial charge in [0.05, 0.1) is 23.1 Å². The zero-order valence-corrected chi connectivity index (χ0v) is 12.7. The van der Waals surface area contributed by atoms with E-state index in [0.717, 1.165) is 11.3 Å². The molecular formula is C16H15N5O2. The fraction of sp³-hybridized carbons (Fsp3) is 0.125.